The molecule has 0 saturated carbocycles. The monoisotopic (exact) mass is 282 g/mol. The van der Waals surface area contributed by atoms with Crippen LogP contribution in [-0.4, -0.2) is 14.1 Å². The average Bonchev–Trinajstić information content (AvgIpc) is 2.04. The van der Waals surface area contributed by atoms with E-state index in [0.29, 0.717) is 5.69 Å². The predicted octanol–water partition coefficient (Wildman–Crippen LogP) is -3.76. The van der Waals surface area contributed by atoms with Gasteiger partial charge in [-0.25, -0.2) is 0 Å². The molecule has 1 rings (SSSR count). The Hall–Kier alpha value is -0.357. The molecule has 0 fully saturated rings. The minimum absolute atomic E-state index is 0. The fourth-order valence-corrected chi connectivity index (χ4v) is 0.927. The molecule has 0 amide bonds. The molecular formula is C8H10Cl2N3Zn. The van der Waals surface area contributed by atoms with Gasteiger partial charge in [0.25, 0.3) is 0 Å². The summed E-state index contributed by atoms with van der Waals surface area (Å²) in [5.41, 5.74) is 1.51. The van der Waals surface area contributed by atoms with Gasteiger partial charge in [0.1, 0.15) is 5.69 Å². The second kappa shape index (κ2) is 9.21. The summed E-state index contributed by atoms with van der Waals surface area (Å²) in [5, 5.41) is 8.57. The van der Waals surface area contributed by atoms with E-state index in [1.807, 2.05) is 37.2 Å². The smallest absolute Gasteiger partial charge is 1.00 e. The van der Waals surface area contributed by atoms with E-state index in [-0.39, 0.29) is 44.3 Å². The van der Waals surface area contributed by atoms with Gasteiger partial charge in [0, 0.05) is 20.2 Å². The summed E-state index contributed by atoms with van der Waals surface area (Å²) in [5.74, 6) is 0. The maximum absolute atomic E-state index is 8.57. The van der Waals surface area contributed by atoms with Gasteiger partial charge in [-0.2, -0.15) is 0 Å². The molecule has 3 nitrogen and oxygen atoms in total. The first-order valence-corrected chi connectivity index (χ1v) is 3.37. The van der Waals surface area contributed by atoms with Gasteiger partial charge >= 0.3 is 25.2 Å². The number of rotatable bonds is 1. The minimum atomic E-state index is 0. The van der Waals surface area contributed by atoms with E-state index < -0.39 is 0 Å². The Labute approximate surface area is 109 Å². The van der Waals surface area contributed by atoms with Crippen molar-refractivity contribution in [1.29, 1.82) is 5.39 Å². The zero-order valence-electron chi connectivity index (χ0n) is 8.11. The average molecular weight is 284 g/mol. The van der Waals surface area contributed by atoms with E-state index in [0.717, 1.165) is 5.69 Å². The summed E-state index contributed by atoms with van der Waals surface area (Å²) in [6.07, 6.45) is 0. The summed E-state index contributed by atoms with van der Waals surface area (Å²) >= 11 is 0. The molecule has 0 atom stereocenters. The van der Waals surface area contributed by atoms with Crippen LogP contribution in [0.1, 0.15) is 0 Å². The number of hydrogen-bond donors (Lipinski definition) is 0. The third kappa shape index (κ3) is 4.76. The SMILES string of the molecule is CN(C)c1ccccc1[N+]#N.[Cl-].[Cl-].[Zn+]. The fraction of sp³-hybridized carbons (Fsp3) is 0.250. The molecule has 0 bridgehead atoms. The molecule has 0 aliphatic carbocycles. The van der Waals surface area contributed by atoms with E-state index >= 15 is 0 Å². The van der Waals surface area contributed by atoms with E-state index in [1.165, 1.54) is 0 Å². The molecule has 0 aromatic heterocycles. The standard InChI is InChI=1S/C8H10N3.2ClH.Zn/c1-11(2)8-6-4-3-5-7(8)10-9;;;/h3-6H,1-2H3;2*1H;/q+1;;;+1/p-2. The van der Waals surface area contributed by atoms with Crippen LogP contribution in [0.2, 0.25) is 0 Å². The van der Waals surface area contributed by atoms with Crippen molar-refractivity contribution in [3.05, 3.63) is 29.2 Å². The zero-order chi connectivity index (χ0) is 8.27. The molecule has 0 heterocycles. The molecule has 1 radical (unpaired) electrons. The molecule has 0 spiro atoms. The van der Waals surface area contributed by atoms with Gasteiger partial charge < -0.3 is 29.7 Å². The van der Waals surface area contributed by atoms with Crippen LogP contribution >= 0.6 is 0 Å². The van der Waals surface area contributed by atoms with Gasteiger partial charge in [-0.3, -0.25) is 0 Å². The van der Waals surface area contributed by atoms with E-state index in [4.69, 9.17) is 5.39 Å². The molecule has 0 aliphatic rings. The van der Waals surface area contributed by atoms with Crippen molar-refractivity contribution in [2.24, 2.45) is 0 Å². The first-order valence-electron chi connectivity index (χ1n) is 3.37. The molecule has 0 unspecified atom stereocenters. The Balaban J connectivity index is -0.000000403. The van der Waals surface area contributed by atoms with Gasteiger partial charge in [-0.1, -0.05) is 12.1 Å². The third-order valence-corrected chi connectivity index (χ3v) is 1.47. The number of diazo groups is 1. The van der Waals surface area contributed by atoms with Crippen molar-refractivity contribution in [2.75, 3.05) is 19.0 Å². The number of hydrogen-bond acceptors (Lipinski definition) is 2. The van der Waals surface area contributed by atoms with E-state index in [2.05, 4.69) is 4.98 Å². The second-order valence-corrected chi connectivity index (χ2v) is 2.48. The normalized spacial score (nSPS) is 6.93. The van der Waals surface area contributed by atoms with Crippen LogP contribution in [0, 0.1) is 5.39 Å². The second-order valence-electron chi connectivity index (χ2n) is 2.48. The van der Waals surface area contributed by atoms with E-state index in [1.54, 1.807) is 6.07 Å². The van der Waals surface area contributed by atoms with Crippen molar-refractivity contribution >= 4 is 11.4 Å². The zero-order valence-corrected chi connectivity index (χ0v) is 12.6. The maximum atomic E-state index is 8.57. The van der Waals surface area contributed by atoms with Crippen molar-refractivity contribution in [3.8, 4) is 0 Å². The maximum Gasteiger partial charge on any atom is 1.00 e. The molecule has 0 aliphatic heterocycles. The molecule has 0 N–H and O–H groups in total. The summed E-state index contributed by atoms with van der Waals surface area (Å²) in [7, 11) is 3.81. The van der Waals surface area contributed by atoms with Crippen LogP contribution in [0.25, 0.3) is 4.98 Å². The summed E-state index contributed by atoms with van der Waals surface area (Å²) in [6.45, 7) is 0. The summed E-state index contributed by atoms with van der Waals surface area (Å²) in [4.78, 5) is 5.05. The molecule has 1 aromatic carbocycles. The van der Waals surface area contributed by atoms with Crippen LogP contribution in [0.4, 0.5) is 11.4 Å². The number of nitrogens with zero attached hydrogens (tertiary/aromatic N) is 3. The molecule has 6 heteroatoms. The first-order chi connectivity index (χ1) is 5.25. The van der Waals surface area contributed by atoms with Crippen molar-refractivity contribution in [3.63, 3.8) is 0 Å². The first kappa shape index (κ1) is 19.3. The van der Waals surface area contributed by atoms with E-state index in [9.17, 15) is 0 Å². The number of benzene rings is 1. The van der Waals surface area contributed by atoms with Crippen molar-refractivity contribution in [1.82, 2.24) is 0 Å². The van der Waals surface area contributed by atoms with Gasteiger partial charge in [0.2, 0.25) is 5.39 Å². The fourth-order valence-electron chi connectivity index (χ4n) is 0.927. The van der Waals surface area contributed by atoms with Crippen LogP contribution < -0.4 is 29.7 Å². The number of para-hydroxylation sites is 1. The molecule has 1 aromatic rings. The Morgan fingerprint density at radius 1 is 1.14 bits per heavy atom. The Morgan fingerprint density at radius 3 is 2.00 bits per heavy atom. The van der Waals surface area contributed by atoms with Gasteiger partial charge in [-0.05, 0) is 6.07 Å². The van der Waals surface area contributed by atoms with Crippen LogP contribution in [-0.2, 0) is 19.5 Å². The van der Waals surface area contributed by atoms with Gasteiger partial charge in [0.15, 0.2) is 4.98 Å². The molecular weight excluding hydrogens is 274 g/mol. The summed E-state index contributed by atoms with van der Waals surface area (Å²) < 4.78 is 0. The van der Waals surface area contributed by atoms with Crippen LogP contribution in [0.3, 0.4) is 0 Å². The van der Waals surface area contributed by atoms with Crippen molar-refractivity contribution in [2.45, 2.75) is 0 Å². The Morgan fingerprint density at radius 2 is 1.64 bits per heavy atom. The van der Waals surface area contributed by atoms with Crippen molar-refractivity contribution < 1.29 is 44.3 Å². The molecule has 0 saturated heterocycles. The number of anilines is 1. The van der Waals surface area contributed by atoms with Gasteiger partial charge in [-0.15, -0.1) is 0 Å². The van der Waals surface area contributed by atoms with Gasteiger partial charge in [0.05, 0.1) is 0 Å². The summed E-state index contributed by atoms with van der Waals surface area (Å²) in [6, 6.07) is 7.40. The molecule has 73 valence electrons. The third-order valence-electron chi connectivity index (χ3n) is 1.47. The quantitative estimate of drug-likeness (QED) is 0.392. The minimum Gasteiger partial charge on any atom is -1.00 e. The Bertz CT molecular complexity index is 299. The molecule has 14 heavy (non-hydrogen) atoms. The van der Waals surface area contributed by atoms with Crippen LogP contribution in [0.5, 0.6) is 0 Å². The number of halogens is 2. The largest absolute Gasteiger partial charge is 1.00 e. The topological polar surface area (TPSA) is 31.4 Å². The Kier molecular flexibility index (Phi) is 12.7. The predicted molar refractivity (Wildman–Crippen MR) is 45.5 cm³/mol. The van der Waals surface area contributed by atoms with Crippen LogP contribution in [0.15, 0.2) is 24.3 Å².